The number of aromatic nitrogens is 1. The molecule has 0 N–H and O–H groups in total. The standard InChI is InChI=1S/C13H7ClN3O.BF4/c14-9-3-1-8(2-4-9)13-16-11-7-10(17-15)5-6-12(11)18-13;2-1(3,4)5/h1-7H;/q+1;-1/p+1. The van der Waals surface area contributed by atoms with E-state index in [4.69, 9.17) is 21.4 Å². The van der Waals surface area contributed by atoms with Crippen molar-refractivity contribution in [2.75, 3.05) is 0 Å². The van der Waals surface area contributed by atoms with Gasteiger partial charge < -0.3 is 21.7 Å². The summed E-state index contributed by atoms with van der Waals surface area (Å²) in [6.07, 6.45) is 0. The maximum Gasteiger partial charge on any atom is 1.00 e. The lowest BCUT2D eigenvalue weighted by Gasteiger charge is -1.94. The monoisotopic (exact) mass is 344 g/mol. The Balaban J connectivity index is 0.000000425. The summed E-state index contributed by atoms with van der Waals surface area (Å²) in [6.45, 7) is 0. The average molecular weight is 344 g/mol. The van der Waals surface area contributed by atoms with Crippen LogP contribution < -0.4 is 0 Å². The van der Waals surface area contributed by atoms with Crippen molar-refractivity contribution in [2.45, 2.75) is 0 Å². The summed E-state index contributed by atoms with van der Waals surface area (Å²) < 4.78 is 44.6. The number of diazo groups is 1. The molecule has 4 nitrogen and oxygen atoms in total. The Kier molecular flexibility index (Phi) is 4.86. The molecule has 0 saturated carbocycles. The molecule has 0 aliphatic rings. The van der Waals surface area contributed by atoms with Gasteiger partial charge in [0.25, 0.3) is 0 Å². The molecule has 0 unspecified atom stereocenters. The van der Waals surface area contributed by atoms with Gasteiger partial charge >= 0.3 is 14.4 Å². The van der Waals surface area contributed by atoms with Crippen LogP contribution in [0.2, 0.25) is 5.02 Å². The van der Waals surface area contributed by atoms with Crippen LogP contribution in [0.3, 0.4) is 0 Å². The first-order valence-corrected chi connectivity index (χ1v) is 6.53. The number of hydrogen-bond acceptors (Lipinski definition) is 3. The van der Waals surface area contributed by atoms with Crippen LogP contribution in [-0.4, -0.2) is 12.2 Å². The zero-order valence-electron chi connectivity index (χ0n) is 12.3. The van der Waals surface area contributed by atoms with Crippen molar-refractivity contribution in [3.05, 3.63) is 52.5 Å². The van der Waals surface area contributed by atoms with Gasteiger partial charge in [-0.05, 0) is 30.3 Å². The van der Waals surface area contributed by atoms with Crippen molar-refractivity contribution >= 4 is 35.6 Å². The fourth-order valence-electron chi connectivity index (χ4n) is 1.69. The number of benzene rings is 2. The number of rotatable bonds is 1. The van der Waals surface area contributed by atoms with Crippen LogP contribution in [0, 0.1) is 5.39 Å². The van der Waals surface area contributed by atoms with Crippen LogP contribution in [0.1, 0.15) is 1.43 Å². The maximum atomic E-state index is 9.75. The molecule has 23 heavy (non-hydrogen) atoms. The molecule has 0 saturated heterocycles. The second kappa shape index (κ2) is 6.66. The third-order valence-corrected chi connectivity index (χ3v) is 2.83. The molecule has 0 aliphatic carbocycles. The molecule has 2 aromatic carbocycles. The largest absolute Gasteiger partial charge is 1.00 e. The van der Waals surface area contributed by atoms with E-state index in [0.717, 1.165) is 5.56 Å². The van der Waals surface area contributed by atoms with Gasteiger partial charge in [-0.25, -0.2) is 4.98 Å². The molecule has 0 aliphatic heterocycles. The van der Waals surface area contributed by atoms with Crippen molar-refractivity contribution in [2.24, 2.45) is 0 Å². The Morgan fingerprint density at radius 3 is 2.26 bits per heavy atom. The second-order valence-electron chi connectivity index (χ2n) is 4.27. The fraction of sp³-hybridized carbons (Fsp3) is 0. The zero-order valence-corrected chi connectivity index (χ0v) is 12.0. The van der Waals surface area contributed by atoms with E-state index < -0.39 is 7.25 Å². The molecule has 10 heteroatoms. The first kappa shape index (κ1) is 16.8. The van der Waals surface area contributed by atoms with E-state index >= 15 is 0 Å². The summed E-state index contributed by atoms with van der Waals surface area (Å²) in [7, 11) is -6.00. The highest BCUT2D eigenvalue weighted by atomic mass is 35.5. The fourth-order valence-corrected chi connectivity index (χ4v) is 1.82. The predicted molar refractivity (Wildman–Crippen MR) is 80.5 cm³/mol. The molecule has 1 aromatic heterocycles. The van der Waals surface area contributed by atoms with Crippen LogP contribution in [0.4, 0.5) is 23.0 Å². The Morgan fingerprint density at radius 2 is 1.70 bits per heavy atom. The Morgan fingerprint density at radius 1 is 1.09 bits per heavy atom. The lowest BCUT2D eigenvalue weighted by molar-refractivity contribution is 0.368. The summed E-state index contributed by atoms with van der Waals surface area (Å²) in [5.41, 5.74) is 2.58. The first-order chi connectivity index (χ1) is 10.8. The number of nitrogens with zero attached hydrogens (tertiary/aromatic N) is 3. The lowest BCUT2D eigenvalue weighted by atomic mass is 10.2. The van der Waals surface area contributed by atoms with Gasteiger partial charge in [0, 0.05) is 16.7 Å². The van der Waals surface area contributed by atoms with Crippen LogP contribution >= 0.6 is 11.6 Å². The SMILES string of the molecule is F[B-](F)(F)F.N#[N+]c1ccc2oc(-c3ccc(Cl)cc3)nc2c1.[H+]. The van der Waals surface area contributed by atoms with Crippen molar-refractivity contribution in [1.29, 1.82) is 5.39 Å². The normalized spacial score (nSPS) is 10.8. The molecule has 0 atom stereocenters. The van der Waals surface area contributed by atoms with Crippen molar-refractivity contribution < 1.29 is 23.1 Å². The zero-order chi connectivity index (χ0) is 17.0. The molecular weight excluding hydrogens is 336 g/mol. The molecule has 3 rings (SSSR count). The Bertz CT molecular complexity index is 858. The lowest BCUT2D eigenvalue weighted by Crippen LogP contribution is -2.02. The molecule has 0 spiro atoms. The average Bonchev–Trinajstić information content (AvgIpc) is 2.89. The minimum Gasteiger partial charge on any atom is -0.436 e. The second-order valence-corrected chi connectivity index (χ2v) is 4.71. The van der Waals surface area contributed by atoms with Crippen LogP contribution in [0.5, 0.6) is 0 Å². The minimum atomic E-state index is -6.00. The highest BCUT2D eigenvalue weighted by Gasteiger charge is 2.20. The van der Waals surface area contributed by atoms with E-state index in [9.17, 15) is 17.3 Å². The Hall–Kier alpha value is -2.60. The summed E-state index contributed by atoms with van der Waals surface area (Å²) in [4.78, 5) is 7.46. The summed E-state index contributed by atoms with van der Waals surface area (Å²) in [5.74, 6) is 0.511. The minimum absolute atomic E-state index is 0. The van der Waals surface area contributed by atoms with Crippen LogP contribution in [-0.2, 0) is 0 Å². The topological polar surface area (TPSA) is 54.2 Å². The van der Waals surface area contributed by atoms with Crippen molar-refractivity contribution in [3.63, 3.8) is 0 Å². The van der Waals surface area contributed by atoms with Gasteiger partial charge in [0.1, 0.15) is 5.52 Å². The molecule has 0 radical (unpaired) electrons. The van der Waals surface area contributed by atoms with Gasteiger partial charge in [-0.1, -0.05) is 11.6 Å². The Labute approximate surface area is 133 Å². The van der Waals surface area contributed by atoms with Gasteiger partial charge in [-0.2, -0.15) is 0 Å². The molecule has 0 amide bonds. The molecule has 1 heterocycles. The van der Waals surface area contributed by atoms with Crippen LogP contribution in [0.25, 0.3) is 27.5 Å². The van der Waals surface area contributed by atoms with E-state index in [1.54, 1.807) is 30.3 Å². The summed E-state index contributed by atoms with van der Waals surface area (Å²) in [6, 6.07) is 12.3. The van der Waals surface area contributed by atoms with Crippen molar-refractivity contribution in [3.8, 4) is 11.5 Å². The van der Waals surface area contributed by atoms with E-state index in [1.807, 2.05) is 12.1 Å². The van der Waals surface area contributed by atoms with Gasteiger partial charge in [0.05, 0.1) is 6.07 Å². The van der Waals surface area contributed by atoms with Gasteiger partial charge in [0.2, 0.25) is 11.3 Å². The van der Waals surface area contributed by atoms with E-state index in [-0.39, 0.29) is 1.43 Å². The van der Waals surface area contributed by atoms with E-state index in [2.05, 4.69) is 9.96 Å². The van der Waals surface area contributed by atoms with Crippen molar-refractivity contribution in [1.82, 2.24) is 4.98 Å². The smallest absolute Gasteiger partial charge is 0.436 e. The van der Waals surface area contributed by atoms with E-state index in [1.165, 1.54) is 0 Å². The highest BCUT2D eigenvalue weighted by molar-refractivity contribution is 6.50. The molecule has 118 valence electrons. The number of halogens is 5. The third-order valence-electron chi connectivity index (χ3n) is 2.58. The van der Waals surface area contributed by atoms with E-state index in [0.29, 0.717) is 27.7 Å². The van der Waals surface area contributed by atoms with Gasteiger partial charge in [0.15, 0.2) is 10.6 Å². The number of fused-ring (bicyclic) bond motifs is 1. The number of oxazole rings is 1. The summed E-state index contributed by atoms with van der Waals surface area (Å²) in [5, 5.41) is 9.37. The molecule has 0 fully saturated rings. The first-order valence-electron chi connectivity index (χ1n) is 6.15. The maximum absolute atomic E-state index is 9.75. The third kappa shape index (κ3) is 4.97. The van der Waals surface area contributed by atoms with Gasteiger partial charge in [-0.3, -0.25) is 0 Å². The number of hydrogen-bond donors (Lipinski definition) is 0. The molecule has 3 aromatic rings. The quantitative estimate of drug-likeness (QED) is 0.307. The summed E-state index contributed by atoms with van der Waals surface area (Å²) >= 11 is 5.83. The van der Waals surface area contributed by atoms with Crippen LogP contribution in [0.15, 0.2) is 46.9 Å². The highest BCUT2D eigenvalue weighted by Crippen LogP contribution is 2.27. The molecule has 0 bridgehead atoms. The molecular formula is C13H8BClF4N3O+. The van der Waals surface area contributed by atoms with Gasteiger partial charge in [-0.15, -0.1) is 0 Å². The predicted octanol–water partition coefficient (Wildman–Crippen LogP) is 6.05.